The summed E-state index contributed by atoms with van der Waals surface area (Å²) in [7, 11) is 1.70. The standard InChI is InChI=1S/C23H27N5O2S/c1-30-13-5-3-2-4-6-19(29)21-10-9-20(31-21)18-14-22(26-17-7-8-17)28-23(27-18)16(15-24)11-12-25-28/h4,6,9-10,12,14-15,17H,2-3,5,7-8,11,13,24H2,1H3/b6-4+,16-15?,26-22?. The Morgan fingerprint density at radius 1 is 1.39 bits per heavy atom. The first-order valence-corrected chi connectivity index (χ1v) is 11.4. The number of thiophene rings is 1. The average molecular weight is 438 g/mol. The molecule has 4 rings (SSSR count). The molecule has 0 amide bonds. The number of carbonyl (C=O) groups is 1. The van der Waals surface area contributed by atoms with Gasteiger partial charge in [-0.1, -0.05) is 6.08 Å². The van der Waals surface area contributed by atoms with Crippen LogP contribution in [0.4, 0.5) is 0 Å². The molecule has 1 aliphatic heterocycles. The molecule has 7 nitrogen and oxygen atoms in total. The van der Waals surface area contributed by atoms with E-state index in [0.29, 0.717) is 23.2 Å². The number of unbranched alkanes of at least 4 members (excludes halogenated alkanes) is 2. The van der Waals surface area contributed by atoms with Crippen molar-refractivity contribution in [1.29, 1.82) is 0 Å². The third kappa shape index (κ3) is 5.26. The van der Waals surface area contributed by atoms with Crippen molar-refractivity contribution in [2.75, 3.05) is 13.7 Å². The number of hydrogen-bond donors (Lipinski definition) is 1. The normalized spacial score (nSPS) is 17.6. The van der Waals surface area contributed by atoms with E-state index in [0.717, 1.165) is 60.3 Å². The van der Waals surface area contributed by atoms with Crippen molar-refractivity contribution in [2.45, 2.75) is 44.6 Å². The van der Waals surface area contributed by atoms with Gasteiger partial charge in [0, 0.05) is 44.2 Å². The van der Waals surface area contributed by atoms with Gasteiger partial charge in [0.15, 0.2) is 17.1 Å². The van der Waals surface area contributed by atoms with E-state index in [1.165, 1.54) is 11.3 Å². The minimum atomic E-state index is 0.0189. The molecule has 1 fully saturated rings. The number of rotatable bonds is 9. The minimum Gasteiger partial charge on any atom is -0.404 e. The Morgan fingerprint density at radius 2 is 2.26 bits per heavy atom. The Morgan fingerprint density at radius 3 is 3.03 bits per heavy atom. The monoisotopic (exact) mass is 437 g/mol. The highest BCUT2D eigenvalue weighted by Gasteiger charge is 2.22. The third-order valence-electron chi connectivity index (χ3n) is 5.11. The van der Waals surface area contributed by atoms with Crippen molar-refractivity contribution >= 4 is 28.9 Å². The molecular weight excluding hydrogens is 410 g/mol. The summed E-state index contributed by atoms with van der Waals surface area (Å²) in [5.41, 5.74) is 8.31. The number of hydrogen-bond acceptors (Lipinski definition) is 7. The second-order valence-electron chi connectivity index (χ2n) is 7.61. The van der Waals surface area contributed by atoms with Crippen LogP contribution in [0.5, 0.6) is 0 Å². The van der Waals surface area contributed by atoms with Gasteiger partial charge in [-0.2, -0.15) is 9.78 Å². The lowest BCUT2D eigenvalue weighted by atomic mass is 10.1. The number of ether oxygens (including phenoxy) is 1. The first-order chi connectivity index (χ1) is 15.2. The lowest BCUT2D eigenvalue weighted by Crippen LogP contribution is -2.26. The van der Waals surface area contributed by atoms with Gasteiger partial charge in [0.05, 0.1) is 21.5 Å². The summed E-state index contributed by atoms with van der Waals surface area (Å²) in [5, 5.41) is 4.47. The number of allylic oxidation sites excluding steroid dienone is 3. The van der Waals surface area contributed by atoms with Crippen LogP contribution in [0.2, 0.25) is 0 Å². The van der Waals surface area contributed by atoms with Gasteiger partial charge < -0.3 is 10.5 Å². The zero-order valence-corrected chi connectivity index (χ0v) is 18.5. The second-order valence-corrected chi connectivity index (χ2v) is 8.69. The van der Waals surface area contributed by atoms with Gasteiger partial charge in [0.25, 0.3) is 0 Å². The molecule has 1 aliphatic carbocycles. The molecule has 0 unspecified atom stereocenters. The maximum atomic E-state index is 12.5. The van der Waals surface area contributed by atoms with E-state index >= 15 is 0 Å². The van der Waals surface area contributed by atoms with Gasteiger partial charge in [0.2, 0.25) is 0 Å². The predicted molar refractivity (Wildman–Crippen MR) is 124 cm³/mol. The zero-order valence-electron chi connectivity index (χ0n) is 17.7. The van der Waals surface area contributed by atoms with Crippen LogP contribution < -0.4 is 11.2 Å². The number of ketones is 1. The van der Waals surface area contributed by atoms with Gasteiger partial charge >= 0.3 is 0 Å². The Hall–Kier alpha value is -2.84. The van der Waals surface area contributed by atoms with E-state index < -0.39 is 0 Å². The van der Waals surface area contributed by atoms with Gasteiger partial charge in [-0.15, -0.1) is 11.3 Å². The molecule has 0 spiro atoms. The summed E-state index contributed by atoms with van der Waals surface area (Å²) in [4.78, 5) is 23.8. The topological polar surface area (TPSA) is 94.9 Å². The molecule has 8 heteroatoms. The molecule has 0 saturated heterocycles. The number of nitrogens with two attached hydrogens (primary N) is 1. The van der Waals surface area contributed by atoms with Gasteiger partial charge in [-0.3, -0.25) is 9.79 Å². The molecule has 1 saturated carbocycles. The van der Waals surface area contributed by atoms with E-state index in [2.05, 4.69) is 5.10 Å². The largest absolute Gasteiger partial charge is 0.404 e. The molecule has 0 atom stereocenters. The van der Waals surface area contributed by atoms with Crippen molar-refractivity contribution in [3.05, 3.63) is 52.7 Å². The third-order valence-corrected chi connectivity index (χ3v) is 6.23. The number of aromatic nitrogens is 2. The quantitative estimate of drug-likeness (QED) is 0.367. The fourth-order valence-electron chi connectivity index (χ4n) is 3.26. The van der Waals surface area contributed by atoms with Gasteiger partial charge in [0.1, 0.15) is 0 Å². The number of nitrogens with zero attached hydrogens (tertiary/aromatic N) is 4. The molecule has 31 heavy (non-hydrogen) atoms. The van der Waals surface area contributed by atoms with Crippen molar-refractivity contribution in [3.63, 3.8) is 0 Å². The second kappa shape index (κ2) is 9.98. The van der Waals surface area contributed by atoms with Crippen LogP contribution in [-0.2, 0) is 4.74 Å². The molecule has 0 bridgehead atoms. The molecule has 2 aromatic heterocycles. The summed E-state index contributed by atoms with van der Waals surface area (Å²) in [6.45, 7) is 0.753. The molecule has 2 aliphatic rings. The minimum absolute atomic E-state index is 0.0189. The van der Waals surface area contributed by atoms with Gasteiger partial charge in [-0.05, 0) is 50.3 Å². The SMILES string of the molecule is COCCCC/C=C/C(=O)c1ccc(-c2cc(=NC3CC3)n3c(n2)C(=CN)CC=N3)s1. The van der Waals surface area contributed by atoms with Crippen LogP contribution in [0.3, 0.4) is 0 Å². The fraction of sp³-hybridized carbons (Fsp3) is 0.391. The van der Waals surface area contributed by atoms with Crippen LogP contribution in [0.25, 0.3) is 16.1 Å². The summed E-state index contributed by atoms with van der Waals surface area (Å²) >= 11 is 1.45. The van der Waals surface area contributed by atoms with Crippen molar-refractivity contribution in [3.8, 4) is 10.6 Å². The van der Waals surface area contributed by atoms with E-state index in [-0.39, 0.29) is 5.78 Å². The van der Waals surface area contributed by atoms with E-state index in [1.807, 2.05) is 30.5 Å². The molecule has 2 aromatic rings. The Balaban J connectivity index is 1.58. The maximum absolute atomic E-state index is 12.5. The van der Waals surface area contributed by atoms with Crippen molar-refractivity contribution in [2.24, 2.45) is 15.8 Å². The summed E-state index contributed by atoms with van der Waals surface area (Å²) < 4.78 is 6.80. The molecule has 162 valence electrons. The first-order valence-electron chi connectivity index (χ1n) is 10.6. The lowest BCUT2D eigenvalue weighted by Gasteiger charge is -2.15. The summed E-state index contributed by atoms with van der Waals surface area (Å²) in [6.07, 6.45) is 12.7. The van der Waals surface area contributed by atoms with Crippen LogP contribution in [0, 0.1) is 0 Å². The van der Waals surface area contributed by atoms with E-state index in [4.69, 9.17) is 20.4 Å². The molecule has 2 N–H and O–H groups in total. The lowest BCUT2D eigenvalue weighted by molar-refractivity contribution is 0.105. The van der Waals surface area contributed by atoms with Crippen molar-refractivity contribution in [1.82, 2.24) is 9.66 Å². The highest BCUT2D eigenvalue weighted by Crippen LogP contribution is 2.29. The van der Waals surface area contributed by atoms with E-state index in [9.17, 15) is 4.79 Å². The highest BCUT2D eigenvalue weighted by molar-refractivity contribution is 7.17. The maximum Gasteiger partial charge on any atom is 0.195 e. The highest BCUT2D eigenvalue weighted by atomic mass is 32.1. The van der Waals surface area contributed by atoms with Gasteiger partial charge in [-0.25, -0.2) is 4.98 Å². The smallest absolute Gasteiger partial charge is 0.195 e. The molecular formula is C23H27N5O2S. The molecule has 3 heterocycles. The van der Waals surface area contributed by atoms with Crippen LogP contribution >= 0.6 is 11.3 Å². The molecule has 0 radical (unpaired) electrons. The number of carbonyl (C=O) groups excluding carboxylic acids is 1. The van der Waals surface area contributed by atoms with Crippen LogP contribution in [-0.4, -0.2) is 41.4 Å². The molecule has 0 aromatic carbocycles. The van der Waals surface area contributed by atoms with Crippen molar-refractivity contribution < 1.29 is 9.53 Å². The summed E-state index contributed by atoms with van der Waals surface area (Å²) in [5.74, 6) is 0.726. The average Bonchev–Trinajstić information content (AvgIpc) is 3.46. The zero-order chi connectivity index (χ0) is 21.6. The summed E-state index contributed by atoms with van der Waals surface area (Å²) in [6, 6.07) is 6.11. The van der Waals surface area contributed by atoms with Crippen LogP contribution in [0.15, 0.2) is 46.6 Å². The Bertz CT molecular complexity index is 1110. The predicted octanol–water partition coefficient (Wildman–Crippen LogP) is 3.77. The van der Waals surface area contributed by atoms with E-state index in [1.54, 1.807) is 24.1 Å². The number of fused-ring (bicyclic) bond motifs is 1. The number of methoxy groups -OCH3 is 1. The Kier molecular flexibility index (Phi) is 6.89. The fourth-order valence-corrected chi connectivity index (χ4v) is 4.15. The first kappa shape index (κ1) is 21.4. The van der Waals surface area contributed by atoms with Crippen LogP contribution in [0.1, 0.15) is 54.0 Å². The Labute approximate surface area is 185 Å².